The molecule has 0 saturated carbocycles. The standard InChI is InChI=1S/C22H27FN2O4S/c1-17-6-8-18(9-7-17)4-2-3-5-22(26)24-19-10-11-20(23)21(16-19)30(27,28)25-12-14-29-15-13-25/h6-11,16H,2-5,12-15H2,1H3,(H,24,26). The van der Waals surface area contributed by atoms with Gasteiger partial charge in [0.2, 0.25) is 15.9 Å². The van der Waals surface area contributed by atoms with Crippen molar-refractivity contribution < 1.29 is 22.3 Å². The highest BCUT2D eigenvalue weighted by Crippen LogP contribution is 2.24. The molecule has 3 rings (SSSR count). The summed E-state index contributed by atoms with van der Waals surface area (Å²) in [6.07, 6.45) is 2.79. The first-order valence-electron chi connectivity index (χ1n) is 10.1. The summed E-state index contributed by atoms with van der Waals surface area (Å²) < 4.78 is 46.1. The molecule has 1 N–H and O–H groups in total. The lowest BCUT2D eigenvalue weighted by molar-refractivity contribution is -0.116. The number of halogens is 1. The molecule has 1 saturated heterocycles. The van der Waals surface area contributed by atoms with Crippen LogP contribution in [0.1, 0.15) is 30.4 Å². The van der Waals surface area contributed by atoms with E-state index in [9.17, 15) is 17.6 Å². The van der Waals surface area contributed by atoms with Crippen molar-refractivity contribution in [2.45, 2.75) is 37.5 Å². The van der Waals surface area contributed by atoms with Crippen LogP contribution < -0.4 is 5.32 Å². The van der Waals surface area contributed by atoms with E-state index in [2.05, 4.69) is 29.6 Å². The van der Waals surface area contributed by atoms with Crippen LogP contribution >= 0.6 is 0 Å². The van der Waals surface area contributed by atoms with Gasteiger partial charge in [0, 0.05) is 25.2 Å². The maximum atomic E-state index is 14.2. The van der Waals surface area contributed by atoms with Crippen LogP contribution in [0.3, 0.4) is 0 Å². The fourth-order valence-corrected chi connectivity index (χ4v) is 4.80. The van der Waals surface area contributed by atoms with Crippen LogP contribution in [0.5, 0.6) is 0 Å². The van der Waals surface area contributed by atoms with E-state index < -0.39 is 20.7 Å². The average molecular weight is 435 g/mol. The van der Waals surface area contributed by atoms with Gasteiger partial charge in [-0.3, -0.25) is 4.79 Å². The molecule has 8 heteroatoms. The topological polar surface area (TPSA) is 75.7 Å². The summed E-state index contributed by atoms with van der Waals surface area (Å²) in [5.41, 5.74) is 2.72. The summed E-state index contributed by atoms with van der Waals surface area (Å²) in [6, 6.07) is 11.9. The van der Waals surface area contributed by atoms with Gasteiger partial charge in [0.15, 0.2) is 0 Å². The Balaban J connectivity index is 1.55. The van der Waals surface area contributed by atoms with Gasteiger partial charge in [-0.25, -0.2) is 12.8 Å². The Labute approximate surface area is 177 Å². The van der Waals surface area contributed by atoms with E-state index in [0.717, 1.165) is 18.9 Å². The van der Waals surface area contributed by atoms with Crippen LogP contribution in [0.4, 0.5) is 10.1 Å². The van der Waals surface area contributed by atoms with Gasteiger partial charge in [-0.05, 0) is 49.9 Å². The summed E-state index contributed by atoms with van der Waals surface area (Å²) in [5, 5.41) is 2.68. The van der Waals surface area contributed by atoms with Crippen molar-refractivity contribution in [3.8, 4) is 0 Å². The van der Waals surface area contributed by atoms with Crippen molar-refractivity contribution in [3.63, 3.8) is 0 Å². The lowest BCUT2D eigenvalue weighted by Gasteiger charge is -2.26. The maximum Gasteiger partial charge on any atom is 0.246 e. The molecule has 0 aromatic heterocycles. The molecule has 1 heterocycles. The average Bonchev–Trinajstić information content (AvgIpc) is 2.74. The number of nitrogens with one attached hydrogen (secondary N) is 1. The van der Waals surface area contributed by atoms with E-state index in [1.165, 1.54) is 27.6 Å². The molecule has 2 aromatic rings. The van der Waals surface area contributed by atoms with Gasteiger partial charge in [0.1, 0.15) is 10.7 Å². The number of aryl methyl sites for hydroxylation is 2. The lowest BCUT2D eigenvalue weighted by Crippen LogP contribution is -2.40. The van der Waals surface area contributed by atoms with Crippen molar-refractivity contribution in [2.75, 3.05) is 31.6 Å². The van der Waals surface area contributed by atoms with Crippen molar-refractivity contribution in [2.24, 2.45) is 0 Å². The first kappa shape index (κ1) is 22.4. The van der Waals surface area contributed by atoms with Crippen molar-refractivity contribution in [3.05, 3.63) is 59.4 Å². The predicted octanol–water partition coefficient (Wildman–Crippen LogP) is 3.51. The number of hydrogen-bond acceptors (Lipinski definition) is 4. The van der Waals surface area contributed by atoms with Gasteiger partial charge in [-0.15, -0.1) is 0 Å². The molecule has 0 bridgehead atoms. The molecular formula is C22H27FN2O4S. The molecule has 1 fully saturated rings. The molecule has 0 unspecified atom stereocenters. The second kappa shape index (κ2) is 10.1. The molecule has 162 valence electrons. The summed E-state index contributed by atoms with van der Waals surface area (Å²) in [6.45, 7) is 2.96. The lowest BCUT2D eigenvalue weighted by atomic mass is 10.1. The second-order valence-electron chi connectivity index (χ2n) is 7.40. The number of carbonyl (C=O) groups is 1. The van der Waals surface area contributed by atoms with Gasteiger partial charge >= 0.3 is 0 Å². The Hall–Kier alpha value is -2.29. The normalized spacial score (nSPS) is 15.1. The Morgan fingerprint density at radius 3 is 2.50 bits per heavy atom. The highest BCUT2D eigenvalue weighted by molar-refractivity contribution is 7.89. The van der Waals surface area contributed by atoms with Crippen molar-refractivity contribution >= 4 is 21.6 Å². The smallest absolute Gasteiger partial charge is 0.246 e. The van der Waals surface area contributed by atoms with Gasteiger partial charge in [-0.1, -0.05) is 29.8 Å². The highest BCUT2D eigenvalue weighted by Gasteiger charge is 2.29. The zero-order valence-electron chi connectivity index (χ0n) is 17.1. The predicted molar refractivity (Wildman–Crippen MR) is 113 cm³/mol. The summed E-state index contributed by atoms with van der Waals surface area (Å²) in [7, 11) is -3.98. The zero-order valence-corrected chi connectivity index (χ0v) is 17.9. The summed E-state index contributed by atoms with van der Waals surface area (Å²) in [4.78, 5) is 11.8. The van der Waals surface area contributed by atoms with Crippen LogP contribution in [-0.2, 0) is 26.0 Å². The SMILES string of the molecule is Cc1ccc(CCCCC(=O)Nc2ccc(F)c(S(=O)(=O)N3CCOCC3)c2)cc1. The number of sulfonamides is 1. The zero-order chi connectivity index (χ0) is 21.6. The fraction of sp³-hybridized carbons (Fsp3) is 0.409. The fourth-order valence-electron chi connectivity index (χ4n) is 3.30. The Morgan fingerprint density at radius 1 is 1.10 bits per heavy atom. The molecule has 0 aliphatic carbocycles. The number of unbranched alkanes of at least 4 members (excludes halogenated alkanes) is 1. The molecule has 1 amide bonds. The molecule has 2 aromatic carbocycles. The number of benzene rings is 2. The largest absolute Gasteiger partial charge is 0.379 e. The van der Waals surface area contributed by atoms with Crippen LogP contribution in [0.2, 0.25) is 0 Å². The third kappa shape index (κ3) is 5.87. The van der Waals surface area contributed by atoms with E-state index in [-0.39, 0.29) is 37.9 Å². The van der Waals surface area contributed by atoms with E-state index in [0.29, 0.717) is 12.8 Å². The van der Waals surface area contributed by atoms with Gasteiger partial charge in [0.05, 0.1) is 13.2 Å². The maximum absolute atomic E-state index is 14.2. The number of ether oxygens (including phenoxy) is 1. The van der Waals surface area contributed by atoms with Crippen LogP contribution in [-0.4, -0.2) is 44.9 Å². The first-order chi connectivity index (χ1) is 14.4. The Morgan fingerprint density at radius 2 is 1.80 bits per heavy atom. The summed E-state index contributed by atoms with van der Waals surface area (Å²) >= 11 is 0. The van der Waals surface area contributed by atoms with E-state index in [1.54, 1.807) is 0 Å². The van der Waals surface area contributed by atoms with Crippen molar-refractivity contribution in [1.29, 1.82) is 0 Å². The minimum Gasteiger partial charge on any atom is -0.379 e. The number of rotatable bonds is 8. The molecule has 30 heavy (non-hydrogen) atoms. The molecule has 0 spiro atoms. The van der Waals surface area contributed by atoms with Gasteiger partial charge in [0.25, 0.3) is 0 Å². The minimum atomic E-state index is -3.98. The third-order valence-corrected chi connectivity index (χ3v) is 6.96. The first-order valence-corrected chi connectivity index (χ1v) is 11.5. The minimum absolute atomic E-state index is 0.180. The van der Waals surface area contributed by atoms with Gasteiger partial charge in [-0.2, -0.15) is 4.31 Å². The number of amides is 1. The molecular weight excluding hydrogens is 407 g/mol. The van der Waals surface area contributed by atoms with Crippen LogP contribution in [0.15, 0.2) is 47.4 Å². The van der Waals surface area contributed by atoms with Crippen LogP contribution in [0.25, 0.3) is 0 Å². The second-order valence-corrected chi connectivity index (χ2v) is 9.31. The summed E-state index contributed by atoms with van der Waals surface area (Å²) in [5.74, 6) is -1.06. The number of anilines is 1. The molecule has 0 atom stereocenters. The number of nitrogens with zero attached hydrogens (tertiary/aromatic N) is 1. The highest BCUT2D eigenvalue weighted by atomic mass is 32.2. The molecule has 0 radical (unpaired) electrons. The molecule has 6 nitrogen and oxygen atoms in total. The number of morpholine rings is 1. The van der Waals surface area contributed by atoms with E-state index >= 15 is 0 Å². The van der Waals surface area contributed by atoms with E-state index in [4.69, 9.17) is 4.74 Å². The van der Waals surface area contributed by atoms with E-state index in [1.807, 2.05) is 6.92 Å². The quantitative estimate of drug-likeness (QED) is 0.645. The monoisotopic (exact) mass is 434 g/mol. The Kier molecular flexibility index (Phi) is 7.58. The number of carbonyl (C=O) groups excluding carboxylic acids is 1. The third-order valence-electron chi connectivity index (χ3n) is 5.04. The van der Waals surface area contributed by atoms with Crippen molar-refractivity contribution in [1.82, 2.24) is 4.31 Å². The van der Waals surface area contributed by atoms with Gasteiger partial charge < -0.3 is 10.1 Å². The molecule has 1 aliphatic heterocycles. The Bertz CT molecular complexity index is 971. The van der Waals surface area contributed by atoms with Crippen LogP contribution in [0, 0.1) is 12.7 Å². The molecule has 1 aliphatic rings. The number of hydrogen-bond donors (Lipinski definition) is 1.